The zero-order chi connectivity index (χ0) is 21.9. The number of sulfonamides is 1. The molecule has 0 unspecified atom stereocenters. The van der Waals surface area contributed by atoms with Gasteiger partial charge in [-0.1, -0.05) is 41.4 Å². The summed E-state index contributed by atoms with van der Waals surface area (Å²) in [5.74, 6) is -0.741. The van der Waals surface area contributed by atoms with Gasteiger partial charge in [0, 0.05) is 5.56 Å². The molecule has 2 N–H and O–H groups in total. The number of halogens is 2. The lowest BCUT2D eigenvalue weighted by atomic mass is 10.1. The molecular formula is C22H20ClFN2O3S. The average Bonchev–Trinajstić information content (AvgIpc) is 2.70. The van der Waals surface area contributed by atoms with Gasteiger partial charge in [0.2, 0.25) is 0 Å². The van der Waals surface area contributed by atoms with Crippen molar-refractivity contribution in [1.29, 1.82) is 0 Å². The first-order chi connectivity index (χ1) is 14.2. The quantitative estimate of drug-likeness (QED) is 0.554. The SMILES string of the molecule is Cc1ccc(S(=O)(=O)Nc2ccc(C(=O)N[C@@H](C)c3ccc(F)cc3)cc2Cl)cc1. The third-order valence-electron chi connectivity index (χ3n) is 4.52. The van der Waals surface area contributed by atoms with Gasteiger partial charge in [-0.2, -0.15) is 0 Å². The highest BCUT2D eigenvalue weighted by Gasteiger charge is 2.17. The molecule has 0 heterocycles. The van der Waals surface area contributed by atoms with E-state index in [-0.39, 0.29) is 38.9 Å². The molecule has 0 spiro atoms. The summed E-state index contributed by atoms with van der Waals surface area (Å²) in [5.41, 5.74) is 2.13. The van der Waals surface area contributed by atoms with E-state index in [4.69, 9.17) is 11.6 Å². The van der Waals surface area contributed by atoms with Crippen LogP contribution in [-0.2, 0) is 10.0 Å². The molecule has 0 aliphatic rings. The minimum Gasteiger partial charge on any atom is -0.346 e. The van der Waals surface area contributed by atoms with E-state index < -0.39 is 10.0 Å². The van der Waals surface area contributed by atoms with Gasteiger partial charge in [-0.05, 0) is 61.9 Å². The van der Waals surface area contributed by atoms with Crippen molar-refractivity contribution in [2.75, 3.05) is 4.72 Å². The van der Waals surface area contributed by atoms with Crippen molar-refractivity contribution in [2.45, 2.75) is 24.8 Å². The van der Waals surface area contributed by atoms with Gasteiger partial charge >= 0.3 is 0 Å². The molecule has 0 aliphatic carbocycles. The van der Waals surface area contributed by atoms with Gasteiger partial charge in [-0.25, -0.2) is 12.8 Å². The van der Waals surface area contributed by atoms with E-state index in [2.05, 4.69) is 10.0 Å². The lowest BCUT2D eigenvalue weighted by molar-refractivity contribution is 0.0940. The summed E-state index contributed by atoms with van der Waals surface area (Å²) in [6, 6.07) is 16.2. The fourth-order valence-corrected chi connectivity index (χ4v) is 4.14. The van der Waals surface area contributed by atoms with Gasteiger partial charge in [0.05, 0.1) is 21.6 Å². The third-order valence-corrected chi connectivity index (χ3v) is 6.22. The molecule has 5 nitrogen and oxygen atoms in total. The second-order valence-electron chi connectivity index (χ2n) is 6.86. The summed E-state index contributed by atoms with van der Waals surface area (Å²) in [6.07, 6.45) is 0. The Balaban J connectivity index is 1.73. The minimum absolute atomic E-state index is 0.0905. The van der Waals surface area contributed by atoms with Crippen molar-refractivity contribution >= 4 is 33.2 Å². The van der Waals surface area contributed by atoms with Crippen LogP contribution in [0.2, 0.25) is 5.02 Å². The highest BCUT2D eigenvalue weighted by Crippen LogP contribution is 2.26. The molecule has 30 heavy (non-hydrogen) atoms. The van der Waals surface area contributed by atoms with Gasteiger partial charge in [-0.15, -0.1) is 0 Å². The van der Waals surface area contributed by atoms with E-state index in [0.717, 1.165) is 11.1 Å². The van der Waals surface area contributed by atoms with Crippen molar-refractivity contribution in [3.05, 3.63) is 94.3 Å². The number of aryl methyl sites for hydroxylation is 1. The molecule has 0 fully saturated rings. The van der Waals surface area contributed by atoms with Gasteiger partial charge in [0.1, 0.15) is 5.82 Å². The zero-order valence-electron chi connectivity index (χ0n) is 16.3. The van der Waals surface area contributed by atoms with Crippen LogP contribution in [0, 0.1) is 12.7 Å². The standard InChI is InChI=1S/C22H20ClFN2O3S/c1-14-3-10-19(11-4-14)30(28,29)26-21-12-7-17(13-20(21)23)22(27)25-15(2)16-5-8-18(24)9-6-16/h3-13,15,26H,1-2H3,(H,25,27)/t15-/m0/s1. The predicted molar refractivity (Wildman–Crippen MR) is 116 cm³/mol. The minimum atomic E-state index is -3.81. The third kappa shape index (κ3) is 5.17. The van der Waals surface area contributed by atoms with Crippen LogP contribution in [0.1, 0.15) is 34.5 Å². The van der Waals surface area contributed by atoms with Crippen molar-refractivity contribution in [3.63, 3.8) is 0 Å². The second kappa shape index (κ2) is 8.85. The molecule has 0 aliphatic heterocycles. The van der Waals surface area contributed by atoms with Gasteiger partial charge in [-0.3, -0.25) is 9.52 Å². The monoisotopic (exact) mass is 446 g/mol. The summed E-state index contributed by atoms with van der Waals surface area (Å²) in [5, 5.41) is 2.89. The highest BCUT2D eigenvalue weighted by atomic mass is 35.5. The number of amides is 1. The second-order valence-corrected chi connectivity index (χ2v) is 8.95. The van der Waals surface area contributed by atoms with Crippen molar-refractivity contribution in [1.82, 2.24) is 5.32 Å². The summed E-state index contributed by atoms with van der Waals surface area (Å²) in [7, 11) is -3.81. The Hall–Kier alpha value is -2.90. The van der Waals surface area contributed by atoms with Crippen LogP contribution in [0.25, 0.3) is 0 Å². The van der Waals surface area contributed by atoms with Gasteiger partial charge in [0.15, 0.2) is 0 Å². The number of benzene rings is 3. The number of carbonyl (C=O) groups excluding carboxylic acids is 1. The van der Waals surface area contributed by atoms with Crippen molar-refractivity contribution in [2.24, 2.45) is 0 Å². The Labute approximate surface area is 179 Å². The zero-order valence-corrected chi connectivity index (χ0v) is 17.9. The van der Waals surface area contributed by atoms with Crippen LogP contribution in [0.5, 0.6) is 0 Å². The molecule has 0 saturated carbocycles. The summed E-state index contributed by atoms with van der Waals surface area (Å²) >= 11 is 6.21. The molecule has 0 aromatic heterocycles. The first kappa shape index (κ1) is 21.8. The number of anilines is 1. The summed E-state index contributed by atoms with van der Waals surface area (Å²) in [6.45, 7) is 3.64. The molecule has 3 aromatic carbocycles. The largest absolute Gasteiger partial charge is 0.346 e. The van der Waals surface area contributed by atoms with Crippen LogP contribution >= 0.6 is 11.6 Å². The number of rotatable bonds is 6. The Bertz CT molecular complexity index is 1160. The maximum absolute atomic E-state index is 13.1. The van der Waals surface area contributed by atoms with E-state index >= 15 is 0 Å². The first-order valence-corrected chi connectivity index (χ1v) is 11.0. The number of carbonyl (C=O) groups is 1. The molecule has 0 saturated heterocycles. The lowest BCUT2D eigenvalue weighted by Crippen LogP contribution is -2.26. The summed E-state index contributed by atoms with van der Waals surface area (Å²) in [4.78, 5) is 12.6. The lowest BCUT2D eigenvalue weighted by Gasteiger charge is -2.15. The van der Waals surface area contributed by atoms with Crippen molar-refractivity contribution < 1.29 is 17.6 Å². The molecule has 8 heteroatoms. The number of nitrogens with one attached hydrogen (secondary N) is 2. The maximum Gasteiger partial charge on any atom is 0.261 e. The maximum atomic E-state index is 13.1. The fraction of sp³-hybridized carbons (Fsp3) is 0.136. The Morgan fingerprint density at radius 3 is 2.23 bits per heavy atom. The molecule has 1 amide bonds. The van der Waals surface area contributed by atoms with Gasteiger partial charge < -0.3 is 5.32 Å². The van der Waals surface area contributed by atoms with E-state index in [1.165, 1.54) is 42.5 Å². The van der Waals surface area contributed by atoms with Crippen LogP contribution in [-0.4, -0.2) is 14.3 Å². The number of hydrogen-bond donors (Lipinski definition) is 2. The van der Waals surface area contributed by atoms with Crippen LogP contribution in [0.4, 0.5) is 10.1 Å². The molecule has 1 atom stereocenters. The smallest absolute Gasteiger partial charge is 0.261 e. The van der Waals surface area contributed by atoms with Crippen LogP contribution < -0.4 is 10.0 Å². The predicted octanol–water partition coefficient (Wildman–Crippen LogP) is 5.08. The van der Waals surface area contributed by atoms with Gasteiger partial charge in [0.25, 0.3) is 15.9 Å². The highest BCUT2D eigenvalue weighted by molar-refractivity contribution is 7.92. The van der Waals surface area contributed by atoms with E-state index in [0.29, 0.717) is 0 Å². The topological polar surface area (TPSA) is 75.3 Å². The van der Waals surface area contributed by atoms with E-state index in [1.807, 2.05) is 6.92 Å². The Kier molecular flexibility index (Phi) is 6.43. The normalized spacial score (nSPS) is 12.3. The van der Waals surface area contributed by atoms with E-state index in [9.17, 15) is 17.6 Å². The van der Waals surface area contributed by atoms with E-state index in [1.54, 1.807) is 31.2 Å². The molecule has 0 radical (unpaired) electrons. The first-order valence-electron chi connectivity index (χ1n) is 9.11. The molecule has 0 bridgehead atoms. The van der Waals surface area contributed by atoms with Crippen LogP contribution in [0.15, 0.2) is 71.6 Å². The molecule has 156 valence electrons. The Morgan fingerprint density at radius 2 is 1.63 bits per heavy atom. The molecule has 3 aromatic rings. The Morgan fingerprint density at radius 1 is 1.00 bits per heavy atom. The molecular weight excluding hydrogens is 427 g/mol. The number of hydrogen-bond acceptors (Lipinski definition) is 3. The van der Waals surface area contributed by atoms with Crippen molar-refractivity contribution in [3.8, 4) is 0 Å². The average molecular weight is 447 g/mol. The fourth-order valence-electron chi connectivity index (χ4n) is 2.77. The van der Waals surface area contributed by atoms with Crippen LogP contribution in [0.3, 0.4) is 0 Å². The molecule has 3 rings (SSSR count). The summed E-state index contributed by atoms with van der Waals surface area (Å²) < 4.78 is 40.6.